The van der Waals surface area contributed by atoms with Gasteiger partial charge in [-0.25, -0.2) is 12.7 Å². The number of aromatic nitrogens is 1. The summed E-state index contributed by atoms with van der Waals surface area (Å²) in [6.45, 7) is 0.227. The highest BCUT2D eigenvalue weighted by atomic mass is 32.2. The van der Waals surface area contributed by atoms with Gasteiger partial charge in [0.15, 0.2) is 5.82 Å². The number of hydrogen-bond acceptors (Lipinski definition) is 6. The molecule has 0 atom stereocenters. The van der Waals surface area contributed by atoms with E-state index in [0.29, 0.717) is 17.4 Å². The van der Waals surface area contributed by atoms with E-state index >= 15 is 0 Å². The van der Waals surface area contributed by atoms with Crippen molar-refractivity contribution >= 4 is 21.5 Å². The lowest BCUT2D eigenvalue weighted by Gasteiger charge is -2.13. The minimum Gasteiger partial charge on any atom is -0.481 e. The normalized spacial score (nSPS) is 11.6. The van der Waals surface area contributed by atoms with Gasteiger partial charge in [-0.3, -0.25) is 0 Å². The second-order valence-corrected chi connectivity index (χ2v) is 6.12. The summed E-state index contributed by atoms with van der Waals surface area (Å²) < 4.78 is 29.2. The molecule has 1 aromatic heterocycles. The zero-order valence-corrected chi connectivity index (χ0v) is 11.5. The molecule has 1 rings (SSSR count). The Morgan fingerprint density at radius 3 is 2.67 bits per heavy atom. The second-order valence-electron chi connectivity index (χ2n) is 3.82. The van der Waals surface area contributed by atoms with Crippen molar-refractivity contribution in [1.82, 2.24) is 9.29 Å². The van der Waals surface area contributed by atoms with Crippen LogP contribution in [0, 0.1) is 0 Å². The Hall–Kier alpha value is -1.54. The van der Waals surface area contributed by atoms with Crippen LogP contribution in [-0.2, 0) is 10.0 Å². The number of nitrogens with one attached hydrogen (secondary N) is 1. The van der Waals surface area contributed by atoms with Crippen molar-refractivity contribution in [2.75, 3.05) is 44.6 Å². The van der Waals surface area contributed by atoms with Gasteiger partial charge in [-0.15, -0.1) is 0 Å². The van der Waals surface area contributed by atoms with E-state index in [0.717, 1.165) is 0 Å². The molecule has 0 radical (unpaired) electrons. The molecule has 0 bridgehead atoms. The number of methoxy groups -OCH3 is 1. The zero-order chi connectivity index (χ0) is 13.8. The van der Waals surface area contributed by atoms with E-state index in [-0.39, 0.29) is 12.3 Å². The molecule has 0 unspecified atom stereocenters. The summed E-state index contributed by atoms with van der Waals surface area (Å²) in [6.07, 6.45) is 0. The molecule has 102 valence electrons. The van der Waals surface area contributed by atoms with E-state index in [1.165, 1.54) is 25.5 Å². The van der Waals surface area contributed by atoms with Gasteiger partial charge in [0.1, 0.15) is 0 Å². The Bertz CT molecular complexity index is 502. The van der Waals surface area contributed by atoms with Crippen LogP contribution in [0.5, 0.6) is 5.88 Å². The Labute approximate surface area is 107 Å². The summed E-state index contributed by atoms with van der Waals surface area (Å²) in [5.41, 5.74) is 6.16. The highest BCUT2D eigenvalue weighted by Crippen LogP contribution is 2.19. The molecule has 0 saturated heterocycles. The summed E-state index contributed by atoms with van der Waals surface area (Å²) >= 11 is 0. The molecule has 0 aliphatic rings. The first-order valence-corrected chi connectivity index (χ1v) is 6.92. The first kappa shape index (κ1) is 14.5. The third-order valence-corrected chi connectivity index (χ3v) is 4.15. The molecule has 0 aromatic carbocycles. The minimum atomic E-state index is -3.23. The van der Waals surface area contributed by atoms with Gasteiger partial charge in [0.05, 0.1) is 18.6 Å². The number of pyridine rings is 1. The number of nitrogens with zero attached hydrogens (tertiary/aromatic N) is 2. The molecule has 8 heteroatoms. The molecule has 0 fully saturated rings. The maximum atomic E-state index is 11.5. The molecule has 1 heterocycles. The fourth-order valence-electron chi connectivity index (χ4n) is 1.19. The molecule has 0 aliphatic carbocycles. The second kappa shape index (κ2) is 5.87. The van der Waals surface area contributed by atoms with Crippen LogP contribution < -0.4 is 15.8 Å². The monoisotopic (exact) mass is 274 g/mol. The lowest BCUT2D eigenvalue weighted by molar-refractivity contribution is 0.398. The topological polar surface area (TPSA) is 97.5 Å². The Balaban J connectivity index is 2.64. The maximum absolute atomic E-state index is 11.5. The number of rotatable bonds is 6. The predicted molar refractivity (Wildman–Crippen MR) is 71.2 cm³/mol. The van der Waals surface area contributed by atoms with Crippen molar-refractivity contribution in [2.45, 2.75) is 0 Å². The van der Waals surface area contributed by atoms with Crippen molar-refractivity contribution in [1.29, 1.82) is 0 Å². The van der Waals surface area contributed by atoms with Gasteiger partial charge in [0, 0.05) is 26.7 Å². The number of nitrogens with two attached hydrogens (primary N) is 1. The lowest BCUT2D eigenvalue weighted by atomic mass is 10.4. The maximum Gasteiger partial charge on any atom is 0.215 e. The van der Waals surface area contributed by atoms with Crippen LogP contribution in [0.25, 0.3) is 0 Å². The van der Waals surface area contributed by atoms with Crippen LogP contribution in [0.15, 0.2) is 12.1 Å². The summed E-state index contributed by atoms with van der Waals surface area (Å²) in [6, 6.07) is 3.28. The highest BCUT2D eigenvalue weighted by molar-refractivity contribution is 7.89. The van der Waals surface area contributed by atoms with Gasteiger partial charge in [0.2, 0.25) is 15.9 Å². The summed E-state index contributed by atoms with van der Waals surface area (Å²) in [7, 11) is 1.26. The fourth-order valence-corrected chi connectivity index (χ4v) is 1.91. The molecule has 0 saturated carbocycles. The van der Waals surface area contributed by atoms with E-state index < -0.39 is 10.0 Å². The predicted octanol–water partition coefficient (Wildman–Crippen LogP) is -0.0243. The Morgan fingerprint density at radius 2 is 2.11 bits per heavy atom. The molecular formula is C10H18N4O3S. The molecule has 18 heavy (non-hydrogen) atoms. The van der Waals surface area contributed by atoms with Crippen molar-refractivity contribution in [3.05, 3.63) is 12.1 Å². The third-order valence-electron chi connectivity index (χ3n) is 2.32. The van der Waals surface area contributed by atoms with Crippen LogP contribution >= 0.6 is 0 Å². The number of sulfonamides is 1. The van der Waals surface area contributed by atoms with Gasteiger partial charge in [-0.1, -0.05) is 0 Å². The first-order chi connectivity index (χ1) is 8.36. The van der Waals surface area contributed by atoms with Gasteiger partial charge in [-0.2, -0.15) is 4.98 Å². The molecule has 0 amide bonds. The standard InChI is InChI=1S/C10H18N4O3S/c1-14(2)18(15,16)7-6-12-10-8(11)4-5-9(13-10)17-3/h4-5H,6-7,11H2,1-3H3,(H,12,13). The SMILES string of the molecule is COc1ccc(N)c(NCCS(=O)(=O)N(C)C)n1. The third kappa shape index (κ3) is 3.74. The molecule has 0 aliphatic heterocycles. The lowest BCUT2D eigenvalue weighted by Crippen LogP contribution is -2.28. The Kier molecular flexibility index (Phi) is 4.74. The van der Waals surface area contributed by atoms with Gasteiger partial charge in [0.25, 0.3) is 0 Å². The van der Waals surface area contributed by atoms with Crippen LogP contribution in [-0.4, -0.2) is 51.2 Å². The highest BCUT2D eigenvalue weighted by Gasteiger charge is 2.13. The van der Waals surface area contributed by atoms with Crippen LogP contribution in [0.3, 0.4) is 0 Å². The smallest absolute Gasteiger partial charge is 0.215 e. The fraction of sp³-hybridized carbons (Fsp3) is 0.500. The quantitative estimate of drug-likeness (QED) is 0.756. The average molecular weight is 274 g/mol. The van der Waals surface area contributed by atoms with E-state index in [9.17, 15) is 8.42 Å². The number of hydrogen-bond donors (Lipinski definition) is 2. The zero-order valence-electron chi connectivity index (χ0n) is 10.7. The van der Waals surface area contributed by atoms with Gasteiger partial charge < -0.3 is 15.8 Å². The van der Waals surface area contributed by atoms with E-state index in [1.54, 1.807) is 12.1 Å². The molecular weight excluding hydrogens is 256 g/mol. The van der Waals surface area contributed by atoms with E-state index in [4.69, 9.17) is 10.5 Å². The number of ether oxygens (including phenoxy) is 1. The first-order valence-electron chi connectivity index (χ1n) is 5.31. The summed E-state index contributed by atoms with van der Waals surface area (Å²) in [4.78, 5) is 4.09. The van der Waals surface area contributed by atoms with E-state index in [1.807, 2.05) is 0 Å². The van der Waals surface area contributed by atoms with Gasteiger partial charge >= 0.3 is 0 Å². The van der Waals surface area contributed by atoms with Crippen LogP contribution in [0.4, 0.5) is 11.5 Å². The number of anilines is 2. The van der Waals surface area contributed by atoms with Crippen LogP contribution in [0.1, 0.15) is 0 Å². The van der Waals surface area contributed by atoms with Gasteiger partial charge in [-0.05, 0) is 6.07 Å². The summed E-state index contributed by atoms with van der Waals surface area (Å²) in [5, 5.41) is 2.88. The summed E-state index contributed by atoms with van der Waals surface area (Å²) in [5.74, 6) is 0.809. The van der Waals surface area contributed by atoms with Crippen LogP contribution in [0.2, 0.25) is 0 Å². The minimum absolute atomic E-state index is 0.0294. The van der Waals surface area contributed by atoms with E-state index in [2.05, 4.69) is 10.3 Å². The van der Waals surface area contributed by atoms with Crippen molar-refractivity contribution < 1.29 is 13.2 Å². The van der Waals surface area contributed by atoms with Crippen molar-refractivity contribution in [2.24, 2.45) is 0 Å². The molecule has 1 aromatic rings. The largest absolute Gasteiger partial charge is 0.481 e. The molecule has 7 nitrogen and oxygen atoms in total. The average Bonchev–Trinajstić information content (AvgIpc) is 2.31. The molecule has 0 spiro atoms. The van der Waals surface area contributed by atoms with Crippen molar-refractivity contribution in [3.63, 3.8) is 0 Å². The number of nitrogen functional groups attached to an aromatic ring is 1. The van der Waals surface area contributed by atoms with Crippen molar-refractivity contribution in [3.8, 4) is 5.88 Å². The molecule has 3 N–H and O–H groups in total. The Morgan fingerprint density at radius 1 is 1.44 bits per heavy atom.